The Morgan fingerprint density at radius 1 is 1.35 bits per heavy atom. The third-order valence-corrected chi connectivity index (χ3v) is 4.24. The molecular weight excluding hydrogens is 405 g/mol. The van der Waals surface area contributed by atoms with Crippen molar-refractivity contribution in [2.24, 2.45) is 10.9 Å². The maximum absolute atomic E-state index is 11.6. The van der Waals surface area contributed by atoms with E-state index in [2.05, 4.69) is 40.3 Å². The molecule has 1 saturated heterocycles. The fourth-order valence-electron chi connectivity index (χ4n) is 2.81. The molecule has 5 nitrogen and oxygen atoms in total. The first-order valence-corrected chi connectivity index (χ1v) is 7.73. The number of ether oxygens (including phenoxy) is 1. The first kappa shape index (κ1) is 19.7. The second-order valence-electron chi connectivity index (χ2n) is 5.61. The number of nitrogens with zero attached hydrogens (tertiary/aromatic N) is 2. The molecule has 1 heterocycles. The lowest BCUT2D eigenvalue weighted by Crippen LogP contribution is -2.46. The van der Waals surface area contributed by atoms with Crippen molar-refractivity contribution in [3.8, 4) is 0 Å². The van der Waals surface area contributed by atoms with Crippen molar-refractivity contribution in [2.45, 2.75) is 26.3 Å². The minimum atomic E-state index is -0.0949. The summed E-state index contributed by atoms with van der Waals surface area (Å²) in [4.78, 5) is 18.1. The zero-order chi connectivity index (χ0) is 15.9. The largest absolute Gasteiger partial charge is 0.469 e. The van der Waals surface area contributed by atoms with Crippen LogP contribution in [0.15, 0.2) is 29.3 Å². The Morgan fingerprint density at radius 3 is 2.57 bits per heavy atom. The van der Waals surface area contributed by atoms with Gasteiger partial charge in [0.1, 0.15) is 0 Å². The average Bonchev–Trinajstić information content (AvgIpc) is 2.56. The van der Waals surface area contributed by atoms with Gasteiger partial charge >= 0.3 is 5.97 Å². The van der Waals surface area contributed by atoms with Gasteiger partial charge in [-0.05, 0) is 30.9 Å². The van der Waals surface area contributed by atoms with E-state index in [-0.39, 0.29) is 35.9 Å². The van der Waals surface area contributed by atoms with Crippen LogP contribution in [-0.2, 0) is 16.1 Å². The second-order valence-corrected chi connectivity index (χ2v) is 5.61. The minimum absolute atomic E-state index is 0. The van der Waals surface area contributed by atoms with Gasteiger partial charge in [-0.3, -0.25) is 9.79 Å². The Hall–Kier alpha value is -1.31. The first-order chi connectivity index (χ1) is 10.7. The number of guanidine groups is 1. The van der Waals surface area contributed by atoms with Gasteiger partial charge < -0.3 is 15.0 Å². The van der Waals surface area contributed by atoms with Crippen LogP contribution >= 0.6 is 24.0 Å². The van der Waals surface area contributed by atoms with Crippen molar-refractivity contribution >= 4 is 35.9 Å². The van der Waals surface area contributed by atoms with Crippen LogP contribution in [0, 0.1) is 12.8 Å². The fraction of sp³-hybridized carbons (Fsp3) is 0.529. The summed E-state index contributed by atoms with van der Waals surface area (Å²) in [5.41, 5.74) is 2.54. The number of esters is 1. The predicted octanol–water partition coefficient (Wildman–Crippen LogP) is 2.57. The van der Waals surface area contributed by atoms with E-state index in [9.17, 15) is 4.79 Å². The lowest BCUT2D eigenvalue weighted by atomic mass is 9.97. The highest BCUT2D eigenvalue weighted by atomic mass is 127. The monoisotopic (exact) mass is 431 g/mol. The Balaban J connectivity index is 0.00000264. The molecule has 0 radical (unpaired) electrons. The molecule has 0 atom stereocenters. The number of methoxy groups -OCH3 is 1. The number of rotatable bonds is 3. The molecule has 1 N–H and O–H groups in total. The van der Waals surface area contributed by atoms with Gasteiger partial charge in [0.25, 0.3) is 0 Å². The van der Waals surface area contributed by atoms with Crippen molar-refractivity contribution in [2.75, 3.05) is 27.2 Å². The number of carbonyl (C=O) groups is 1. The molecular formula is C17H26IN3O2. The zero-order valence-electron chi connectivity index (χ0n) is 14.0. The zero-order valence-corrected chi connectivity index (χ0v) is 16.4. The summed E-state index contributed by atoms with van der Waals surface area (Å²) < 4.78 is 4.83. The molecule has 0 spiro atoms. The number of nitrogens with one attached hydrogen (secondary N) is 1. The molecule has 0 unspecified atom stereocenters. The Kier molecular flexibility index (Phi) is 8.36. The van der Waals surface area contributed by atoms with Crippen molar-refractivity contribution in [1.82, 2.24) is 10.2 Å². The standard InChI is InChI=1S/C17H25N3O2.HI/c1-13-6-4-5-7-15(13)12-19-17(18-2)20-10-8-14(9-11-20)16(21)22-3;/h4-7,14H,8-12H2,1-3H3,(H,18,19);1H. The van der Waals surface area contributed by atoms with Crippen LogP contribution in [0.5, 0.6) is 0 Å². The highest BCUT2D eigenvalue weighted by Crippen LogP contribution is 2.18. The average molecular weight is 431 g/mol. The molecule has 23 heavy (non-hydrogen) atoms. The number of hydrogen-bond donors (Lipinski definition) is 1. The number of aliphatic imine (C=N–C) groups is 1. The Morgan fingerprint density at radius 2 is 2.00 bits per heavy atom. The predicted molar refractivity (Wildman–Crippen MR) is 103 cm³/mol. The molecule has 0 saturated carbocycles. The summed E-state index contributed by atoms with van der Waals surface area (Å²) in [6.45, 7) is 4.53. The molecule has 0 aliphatic carbocycles. The van der Waals surface area contributed by atoms with Gasteiger partial charge in [-0.2, -0.15) is 0 Å². The molecule has 6 heteroatoms. The third-order valence-electron chi connectivity index (χ3n) is 4.24. The Bertz CT molecular complexity index is 540. The normalized spacial score (nSPS) is 15.8. The van der Waals surface area contributed by atoms with Gasteiger partial charge in [-0.25, -0.2) is 0 Å². The highest BCUT2D eigenvalue weighted by molar-refractivity contribution is 14.0. The van der Waals surface area contributed by atoms with E-state index in [1.54, 1.807) is 7.05 Å². The van der Waals surface area contributed by atoms with Crippen molar-refractivity contribution in [3.63, 3.8) is 0 Å². The van der Waals surface area contributed by atoms with Crippen molar-refractivity contribution in [1.29, 1.82) is 0 Å². The molecule has 128 valence electrons. The topological polar surface area (TPSA) is 53.9 Å². The quantitative estimate of drug-likeness (QED) is 0.346. The van der Waals surface area contributed by atoms with Crippen LogP contribution in [0.3, 0.4) is 0 Å². The number of hydrogen-bond acceptors (Lipinski definition) is 3. The van der Waals surface area contributed by atoms with Crippen molar-refractivity contribution < 1.29 is 9.53 Å². The van der Waals surface area contributed by atoms with E-state index in [1.165, 1.54) is 18.2 Å². The molecule has 1 aliphatic heterocycles. The second kappa shape index (κ2) is 9.75. The number of carbonyl (C=O) groups excluding carboxylic acids is 1. The molecule has 1 aromatic carbocycles. The lowest BCUT2D eigenvalue weighted by Gasteiger charge is -2.33. The van der Waals surface area contributed by atoms with E-state index in [1.807, 2.05) is 6.07 Å². The number of likely N-dealkylation sites (tertiary alicyclic amines) is 1. The molecule has 0 aromatic heterocycles. The van der Waals surface area contributed by atoms with Crippen LogP contribution in [0.4, 0.5) is 0 Å². The molecule has 1 aliphatic rings. The van der Waals surface area contributed by atoms with Crippen molar-refractivity contribution in [3.05, 3.63) is 35.4 Å². The summed E-state index contributed by atoms with van der Waals surface area (Å²) in [6.07, 6.45) is 1.63. The summed E-state index contributed by atoms with van der Waals surface area (Å²) in [7, 11) is 3.25. The summed E-state index contributed by atoms with van der Waals surface area (Å²) in [6, 6.07) is 8.33. The molecule has 0 amide bonds. The number of benzene rings is 1. The van der Waals surface area contributed by atoms with E-state index < -0.39 is 0 Å². The van der Waals surface area contributed by atoms with E-state index in [4.69, 9.17) is 4.74 Å². The van der Waals surface area contributed by atoms with Gasteiger partial charge in [-0.1, -0.05) is 24.3 Å². The van der Waals surface area contributed by atoms with Crippen LogP contribution in [0.1, 0.15) is 24.0 Å². The van der Waals surface area contributed by atoms with Gasteiger partial charge in [-0.15, -0.1) is 24.0 Å². The fourth-order valence-corrected chi connectivity index (χ4v) is 2.81. The molecule has 0 bridgehead atoms. The number of aryl methyl sites for hydroxylation is 1. The minimum Gasteiger partial charge on any atom is -0.469 e. The third kappa shape index (κ3) is 5.37. The maximum Gasteiger partial charge on any atom is 0.308 e. The molecule has 1 aromatic rings. The van der Waals surface area contributed by atoms with Gasteiger partial charge in [0, 0.05) is 26.7 Å². The number of piperidine rings is 1. The van der Waals surface area contributed by atoms with Gasteiger partial charge in [0.05, 0.1) is 13.0 Å². The molecule has 2 rings (SSSR count). The maximum atomic E-state index is 11.6. The Labute approximate surface area is 155 Å². The summed E-state index contributed by atoms with van der Waals surface area (Å²) in [5.74, 6) is 0.824. The van der Waals surface area contributed by atoms with Crippen LogP contribution in [-0.4, -0.2) is 44.1 Å². The lowest BCUT2D eigenvalue weighted by molar-refractivity contribution is -0.146. The van der Waals surface area contributed by atoms with Crippen LogP contribution in [0.2, 0.25) is 0 Å². The highest BCUT2D eigenvalue weighted by Gasteiger charge is 2.26. The van der Waals surface area contributed by atoms with Crippen LogP contribution < -0.4 is 5.32 Å². The molecule has 1 fully saturated rings. The van der Waals surface area contributed by atoms with E-state index in [0.29, 0.717) is 0 Å². The SMILES string of the molecule is CN=C(NCc1ccccc1C)N1CCC(C(=O)OC)CC1.I. The first-order valence-electron chi connectivity index (χ1n) is 7.73. The summed E-state index contributed by atoms with van der Waals surface area (Å²) >= 11 is 0. The van der Waals surface area contributed by atoms with Gasteiger partial charge in [0.15, 0.2) is 5.96 Å². The smallest absolute Gasteiger partial charge is 0.308 e. The van der Waals surface area contributed by atoms with Crippen LogP contribution in [0.25, 0.3) is 0 Å². The number of halogens is 1. The van der Waals surface area contributed by atoms with E-state index in [0.717, 1.165) is 38.4 Å². The van der Waals surface area contributed by atoms with Gasteiger partial charge in [0.2, 0.25) is 0 Å². The van der Waals surface area contributed by atoms with E-state index >= 15 is 0 Å². The summed E-state index contributed by atoms with van der Waals surface area (Å²) in [5, 5.41) is 3.41.